The molecular formula is C27H27F3O2. The van der Waals surface area contributed by atoms with Crippen LogP contribution >= 0.6 is 0 Å². The zero-order valence-corrected chi connectivity index (χ0v) is 18.1. The second kappa shape index (κ2) is 9.88. The zero-order valence-electron chi connectivity index (χ0n) is 18.1. The molecule has 0 aromatic heterocycles. The van der Waals surface area contributed by atoms with Crippen LogP contribution in [0.5, 0.6) is 0 Å². The molecule has 1 aliphatic heterocycles. The van der Waals surface area contributed by atoms with Crippen LogP contribution in [-0.2, 0) is 41.8 Å². The summed E-state index contributed by atoms with van der Waals surface area (Å²) in [5.41, 5.74) is 7.99. The highest BCUT2D eigenvalue weighted by molar-refractivity contribution is 5.64. The molecule has 168 valence electrons. The van der Waals surface area contributed by atoms with Gasteiger partial charge in [-0.1, -0.05) is 80.1 Å². The number of benzene rings is 3. The van der Waals surface area contributed by atoms with E-state index in [-0.39, 0.29) is 13.0 Å². The van der Waals surface area contributed by atoms with E-state index in [0.29, 0.717) is 0 Å². The molecule has 0 N–H and O–H groups in total. The Labute approximate surface area is 187 Å². The molecule has 5 heteroatoms. The fraction of sp³-hybridized carbons (Fsp3) is 0.333. The maximum Gasteiger partial charge on any atom is 0.524 e. The molecule has 0 saturated heterocycles. The molecule has 0 amide bonds. The van der Waals surface area contributed by atoms with Crippen molar-refractivity contribution in [3.63, 3.8) is 0 Å². The summed E-state index contributed by atoms with van der Waals surface area (Å²) < 4.78 is 46.5. The molecule has 32 heavy (non-hydrogen) atoms. The van der Waals surface area contributed by atoms with Gasteiger partial charge in [0, 0.05) is 6.42 Å². The second-order valence-electron chi connectivity index (χ2n) is 8.26. The van der Waals surface area contributed by atoms with Crippen LogP contribution in [0.4, 0.5) is 13.2 Å². The quantitative estimate of drug-likeness (QED) is 0.393. The lowest BCUT2D eigenvalue weighted by molar-refractivity contribution is -0.381. The van der Waals surface area contributed by atoms with Gasteiger partial charge in [-0.3, -0.25) is 4.74 Å². The van der Waals surface area contributed by atoms with E-state index >= 15 is 0 Å². The van der Waals surface area contributed by atoms with Gasteiger partial charge in [-0.25, -0.2) is 0 Å². The average Bonchev–Trinajstić information content (AvgIpc) is 2.78. The maximum atomic E-state index is 12.4. The van der Waals surface area contributed by atoms with Gasteiger partial charge in [0.15, 0.2) is 6.29 Å². The molecule has 1 unspecified atom stereocenters. The van der Waals surface area contributed by atoms with Crippen LogP contribution in [-0.4, -0.2) is 12.7 Å². The molecule has 4 rings (SSSR count). The van der Waals surface area contributed by atoms with Crippen molar-refractivity contribution >= 4 is 0 Å². The smallest absolute Gasteiger partial charge is 0.347 e. The lowest BCUT2D eigenvalue weighted by Gasteiger charge is -2.26. The van der Waals surface area contributed by atoms with E-state index in [2.05, 4.69) is 60.2 Å². The molecule has 3 aromatic carbocycles. The first-order valence-corrected chi connectivity index (χ1v) is 11.0. The number of fused-ring (bicyclic) bond motifs is 1. The van der Waals surface area contributed by atoms with Crippen molar-refractivity contribution < 1.29 is 22.6 Å². The summed E-state index contributed by atoms with van der Waals surface area (Å²) >= 11 is 0. The van der Waals surface area contributed by atoms with Crippen LogP contribution in [0.25, 0.3) is 11.1 Å². The summed E-state index contributed by atoms with van der Waals surface area (Å²) in [6.07, 6.45) is -1.83. The normalized spacial score (nSPS) is 16.1. The van der Waals surface area contributed by atoms with Crippen molar-refractivity contribution in [2.24, 2.45) is 0 Å². The van der Waals surface area contributed by atoms with Crippen LogP contribution in [0.3, 0.4) is 0 Å². The minimum Gasteiger partial charge on any atom is -0.347 e. The van der Waals surface area contributed by atoms with Gasteiger partial charge in [-0.2, -0.15) is 0 Å². The summed E-state index contributed by atoms with van der Waals surface area (Å²) in [4.78, 5) is 0. The van der Waals surface area contributed by atoms with E-state index in [1.54, 1.807) is 0 Å². The van der Waals surface area contributed by atoms with E-state index in [4.69, 9.17) is 4.74 Å². The zero-order chi connectivity index (χ0) is 22.6. The Morgan fingerprint density at radius 2 is 1.34 bits per heavy atom. The van der Waals surface area contributed by atoms with Gasteiger partial charge in [0.2, 0.25) is 0 Å². The van der Waals surface area contributed by atoms with Crippen LogP contribution in [0, 0.1) is 0 Å². The summed E-state index contributed by atoms with van der Waals surface area (Å²) in [5.74, 6) is 0. The van der Waals surface area contributed by atoms with Crippen molar-refractivity contribution in [1.29, 1.82) is 0 Å². The fourth-order valence-corrected chi connectivity index (χ4v) is 4.12. The van der Waals surface area contributed by atoms with E-state index in [9.17, 15) is 13.2 Å². The summed E-state index contributed by atoms with van der Waals surface area (Å²) in [5, 5.41) is 0. The average molecular weight is 441 g/mol. The molecule has 0 bridgehead atoms. The van der Waals surface area contributed by atoms with Crippen LogP contribution in [0.2, 0.25) is 0 Å². The Bertz CT molecular complexity index is 1020. The molecule has 0 fully saturated rings. The highest BCUT2D eigenvalue weighted by atomic mass is 19.4. The Balaban J connectivity index is 1.34. The third-order valence-corrected chi connectivity index (χ3v) is 5.83. The van der Waals surface area contributed by atoms with Gasteiger partial charge in [0.25, 0.3) is 0 Å². The number of hydrogen-bond donors (Lipinski definition) is 0. The SMILES string of the molecule is CCCc1ccc(-c2ccc(CCc3ccc4c(c3)COC(OC(F)(F)F)C4)cc2)cc1. The van der Waals surface area contributed by atoms with Gasteiger partial charge in [0.1, 0.15) is 0 Å². The number of rotatable bonds is 7. The predicted molar refractivity (Wildman–Crippen MR) is 119 cm³/mol. The summed E-state index contributed by atoms with van der Waals surface area (Å²) in [7, 11) is 0. The number of aryl methyl sites for hydroxylation is 3. The first kappa shape index (κ1) is 22.6. The summed E-state index contributed by atoms with van der Waals surface area (Å²) in [6.45, 7) is 2.32. The van der Waals surface area contributed by atoms with E-state index in [1.165, 1.54) is 22.3 Å². The Kier molecular flexibility index (Phi) is 6.97. The first-order chi connectivity index (χ1) is 15.4. The molecular weight excluding hydrogens is 413 g/mol. The number of hydrogen-bond acceptors (Lipinski definition) is 2. The monoisotopic (exact) mass is 440 g/mol. The molecule has 0 saturated carbocycles. The van der Waals surface area contributed by atoms with Gasteiger partial charge in [0.05, 0.1) is 6.61 Å². The van der Waals surface area contributed by atoms with Crippen molar-refractivity contribution in [2.45, 2.75) is 58.3 Å². The summed E-state index contributed by atoms with van der Waals surface area (Å²) in [6, 6.07) is 23.3. The van der Waals surface area contributed by atoms with E-state index < -0.39 is 12.7 Å². The van der Waals surface area contributed by atoms with Gasteiger partial charge in [-0.05, 0) is 58.2 Å². The fourth-order valence-electron chi connectivity index (χ4n) is 4.12. The molecule has 0 aliphatic carbocycles. The third kappa shape index (κ3) is 5.99. The lowest BCUT2D eigenvalue weighted by atomic mass is 9.96. The van der Waals surface area contributed by atoms with Crippen LogP contribution in [0.15, 0.2) is 66.7 Å². The van der Waals surface area contributed by atoms with Crippen molar-refractivity contribution in [3.8, 4) is 11.1 Å². The highest BCUT2D eigenvalue weighted by Gasteiger charge is 2.35. The Morgan fingerprint density at radius 1 is 0.781 bits per heavy atom. The maximum absolute atomic E-state index is 12.4. The molecule has 1 atom stereocenters. The lowest BCUT2D eigenvalue weighted by Crippen LogP contribution is -2.31. The first-order valence-electron chi connectivity index (χ1n) is 11.0. The molecule has 1 aliphatic rings. The van der Waals surface area contributed by atoms with Gasteiger partial charge in [-0.15, -0.1) is 13.2 Å². The number of halogens is 3. The second-order valence-corrected chi connectivity index (χ2v) is 8.26. The highest BCUT2D eigenvalue weighted by Crippen LogP contribution is 2.28. The Morgan fingerprint density at radius 3 is 1.94 bits per heavy atom. The number of ether oxygens (including phenoxy) is 2. The standard InChI is InChI=1S/C27H27F3O2/c1-2-3-19-6-11-22(12-7-19)23-13-8-20(9-14-23)4-5-21-10-15-24-17-26(32-27(28,29)30)31-18-25(24)16-21/h6-16,26H,2-5,17-18H2,1H3. The van der Waals surface area contributed by atoms with Crippen LogP contribution in [0.1, 0.15) is 41.2 Å². The third-order valence-electron chi connectivity index (χ3n) is 5.83. The number of alkyl halides is 3. The van der Waals surface area contributed by atoms with E-state index in [0.717, 1.165) is 42.4 Å². The Hall–Kier alpha value is -2.63. The molecule has 1 heterocycles. The topological polar surface area (TPSA) is 18.5 Å². The largest absolute Gasteiger partial charge is 0.524 e. The molecule has 2 nitrogen and oxygen atoms in total. The van der Waals surface area contributed by atoms with E-state index in [1.807, 2.05) is 18.2 Å². The van der Waals surface area contributed by atoms with Crippen molar-refractivity contribution in [2.75, 3.05) is 0 Å². The minimum absolute atomic E-state index is 0.107. The predicted octanol–water partition coefficient (Wildman–Crippen LogP) is 7.03. The van der Waals surface area contributed by atoms with Crippen LogP contribution < -0.4 is 0 Å². The van der Waals surface area contributed by atoms with Gasteiger partial charge < -0.3 is 4.74 Å². The molecule has 0 spiro atoms. The van der Waals surface area contributed by atoms with Crippen molar-refractivity contribution in [1.82, 2.24) is 0 Å². The molecule has 0 radical (unpaired) electrons. The molecule has 3 aromatic rings. The van der Waals surface area contributed by atoms with Crippen molar-refractivity contribution in [3.05, 3.63) is 94.5 Å². The van der Waals surface area contributed by atoms with Gasteiger partial charge >= 0.3 is 6.36 Å². The minimum atomic E-state index is -4.68.